The average Bonchev–Trinajstić information content (AvgIpc) is 3.12. The summed E-state index contributed by atoms with van der Waals surface area (Å²) in [6, 6.07) is 9.60. The molecule has 0 amide bonds. The molecule has 0 saturated carbocycles. The summed E-state index contributed by atoms with van der Waals surface area (Å²) in [4.78, 5) is 8.57. The number of hydrogen-bond acceptors (Lipinski definition) is 6. The lowest BCUT2D eigenvalue weighted by atomic mass is 10.2. The fraction of sp³-hybridized carbons (Fsp3) is 0.267. The van der Waals surface area contributed by atoms with E-state index in [1.807, 2.05) is 30.3 Å². The van der Waals surface area contributed by atoms with Crippen molar-refractivity contribution in [2.75, 3.05) is 16.8 Å². The number of nitrogens with one attached hydrogen (secondary N) is 1. The molecule has 7 nitrogen and oxygen atoms in total. The summed E-state index contributed by atoms with van der Waals surface area (Å²) in [6.07, 6.45) is 3.77. The van der Waals surface area contributed by atoms with Gasteiger partial charge in [-0.3, -0.25) is 0 Å². The molecular weight excluding hydrogens is 314 g/mol. The topological polar surface area (TPSA) is 89.8 Å². The van der Waals surface area contributed by atoms with Gasteiger partial charge in [0, 0.05) is 6.04 Å². The molecule has 1 saturated heterocycles. The predicted octanol–water partition coefficient (Wildman–Crippen LogP) is 1.41. The molecule has 8 heteroatoms. The fourth-order valence-corrected chi connectivity index (χ4v) is 4.49. The van der Waals surface area contributed by atoms with Gasteiger partial charge in [0.1, 0.15) is 12.1 Å². The van der Waals surface area contributed by atoms with E-state index in [-0.39, 0.29) is 17.5 Å². The zero-order chi connectivity index (χ0) is 15.9. The van der Waals surface area contributed by atoms with Crippen molar-refractivity contribution in [3.63, 3.8) is 0 Å². The number of sulfone groups is 1. The predicted molar refractivity (Wildman–Crippen MR) is 87.3 cm³/mol. The largest absolute Gasteiger partial charge is 0.366 e. The maximum Gasteiger partial charge on any atom is 0.168 e. The number of aromatic nitrogens is 4. The van der Waals surface area contributed by atoms with E-state index in [9.17, 15) is 8.42 Å². The van der Waals surface area contributed by atoms with E-state index in [1.54, 1.807) is 10.9 Å². The Kier molecular flexibility index (Phi) is 3.26. The average molecular weight is 329 g/mol. The molecule has 2 aromatic heterocycles. The van der Waals surface area contributed by atoms with Crippen LogP contribution < -0.4 is 5.32 Å². The van der Waals surface area contributed by atoms with Crippen molar-refractivity contribution in [1.82, 2.24) is 19.7 Å². The Labute approximate surface area is 133 Å². The van der Waals surface area contributed by atoms with Crippen LogP contribution in [-0.2, 0) is 9.84 Å². The molecule has 118 valence electrons. The highest BCUT2D eigenvalue weighted by Gasteiger charge is 2.28. The van der Waals surface area contributed by atoms with E-state index in [4.69, 9.17) is 0 Å². The SMILES string of the molecule is O=S1(=O)CC[C@H](Nc2ncnc3c2cnn3-c2ccccc2)C1. The van der Waals surface area contributed by atoms with Crippen molar-refractivity contribution < 1.29 is 8.42 Å². The lowest BCUT2D eigenvalue weighted by molar-refractivity contribution is 0.602. The van der Waals surface area contributed by atoms with Gasteiger partial charge in [-0.25, -0.2) is 23.1 Å². The van der Waals surface area contributed by atoms with Gasteiger partial charge >= 0.3 is 0 Å². The molecule has 0 aliphatic carbocycles. The molecule has 0 bridgehead atoms. The van der Waals surface area contributed by atoms with Gasteiger partial charge < -0.3 is 5.32 Å². The van der Waals surface area contributed by atoms with Crippen LogP contribution in [0.2, 0.25) is 0 Å². The zero-order valence-electron chi connectivity index (χ0n) is 12.3. The second kappa shape index (κ2) is 5.31. The van der Waals surface area contributed by atoms with Gasteiger partial charge in [0.05, 0.1) is 28.8 Å². The Balaban J connectivity index is 1.71. The van der Waals surface area contributed by atoms with Crippen LogP contribution >= 0.6 is 0 Å². The molecule has 1 aliphatic rings. The van der Waals surface area contributed by atoms with Gasteiger partial charge in [-0.2, -0.15) is 5.10 Å². The van der Waals surface area contributed by atoms with E-state index in [2.05, 4.69) is 20.4 Å². The van der Waals surface area contributed by atoms with E-state index >= 15 is 0 Å². The Morgan fingerprint density at radius 1 is 1.17 bits per heavy atom. The highest BCUT2D eigenvalue weighted by molar-refractivity contribution is 7.91. The number of rotatable bonds is 3. The summed E-state index contributed by atoms with van der Waals surface area (Å²) in [5, 5.41) is 8.38. The quantitative estimate of drug-likeness (QED) is 0.781. The molecular formula is C15H15N5O2S. The first kappa shape index (κ1) is 14.1. The highest BCUT2D eigenvalue weighted by Crippen LogP contribution is 2.24. The number of nitrogens with zero attached hydrogens (tertiary/aromatic N) is 4. The van der Waals surface area contributed by atoms with Gasteiger partial charge in [0.25, 0.3) is 0 Å². The van der Waals surface area contributed by atoms with Crippen LogP contribution in [0.1, 0.15) is 6.42 Å². The summed E-state index contributed by atoms with van der Waals surface area (Å²) in [6.45, 7) is 0. The van der Waals surface area contributed by atoms with Crippen molar-refractivity contribution in [1.29, 1.82) is 0 Å². The first-order valence-corrected chi connectivity index (χ1v) is 9.16. The third kappa shape index (κ3) is 2.65. The molecule has 1 N–H and O–H groups in total. The van der Waals surface area contributed by atoms with E-state index in [0.29, 0.717) is 17.9 Å². The minimum atomic E-state index is -2.93. The van der Waals surface area contributed by atoms with E-state index < -0.39 is 9.84 Å². The fourth-order valence-electron chi connectivity index (χ4n) is 2.82. The Bertz CT molecular complexity index is 952. The van der Waals surface area contributed by atoms with Crippen LogP contribution in [0.5, 0.6) is 0 Å². The van der Waals surface area contributed by atoms with Crippen LogP contribution in [0.4, 0.5) is 5.82 Å². The van der Waals surface area contributed by atoms with Crippen molar-refractivity contribution in [2.24, 2.45) is 0 Å². The van der Waals surface area contributed by atoms with Crippen molar-refractivity contribution in [3.05, 3.63) is 42.9 Å². The monoisotopic (exact) mass is 329 g/mol. The Morgan fingerprint density at radius 3 is 2.74 bits per heavy atom. The molecule has 3 heterocycles. The first-order chi connectivity index (χ1) is 11.1. The van der Waals surface area contributed by atoms with Crippen LogP contribution in [0.3, 0.4) is 0 Å². The van der Waals surface area contributed by atoms with Gasteiger partial charge in [-0.1, -0.05) is 18.2 Å². The van der Waals surface area contributed by atoms with E-state index in [0.717, 1.165) is 11.1 Å². The number of anilines is 1. The lowest BCUT2D eigenvalue weighted by Crippen LogP contribution is -2.21. The van der Waals surface area contributed by atoms with Crippen molar-refractivity contribution >= 4 is 26.7 Å². The Hall–Kier alpha value is -2.48. The van der Waals surface area contributed by atoms with Crippen LogP contribution in [-0.4, -0.2) is 45.7 Å². The molecule has 1 aliphatic heterocycles. The summed E-state index contributed by atoms with van der Waals surface area (Å²) in [5.41, 5.74) is 1.60. The van der Waals surface area contributed by atoms with Crippen LogP contribution in [0.15, 0.2) is 42.9 Å². The lowest BCUT2D eigenvalue weighted by Gasteiger charge is -2.11. The summed E-state index contributed by atoms with van der Waals surface area (Å²) >= 11 is 0. The highest BCUT2D eigenvalue weighted by atomic mass is 32.2. The number of benzene rings is 1. The zero-order valence-corrected chi connectivity index (χ0v) is 13.1. The van der Waals surface area contributed by atoms with Crippen LogP contribution in [0.25, 0.3) is 16.7 Å². The summed E-state index contributed by atoms with van der Waals surface area (Å²) in [7, 11) is -2.93. The third-order valence-corrected chi connectivity index (χ3v) is 5.71. The number of hydrogen-bond donors (Lipinski definition) is 1. The number of fused-ring (bicyclic) bond motifs is 1. The number of para-hydroxylation sites is 1. The minimum Gasteiger partial charge on any atom is -0.366 e. The molecule has 0 unspecified atom stereocenters. The summed E-state index contributed by atoms with van der Waals surface area (Å²) < 4.78 is 24.9. The van der Waals surface area contributed by atoms with Gasteiger partial charge in [0.2, 0.25) is 0 Å². The molecule has 1 fully saturated rings. The van der Waals surface area contributed by atoms with Crippen molar-refractivity contribution in [2.45, 2.75) is 12.5 Å². The van der Waals surface area contributed by atoms with Gasteiger partial charge in [-0.05, 0) is 18.6 Å². The standard InChI is InChI=1S/C15H15N5O2S/c21-23(22)7-6-11(9-23)19-14-13-8-18-20(15(13)17-10-16-14)12-4-2-1-3-5-12/h1-5,8,10-11H,6-7,9H2,(H,16,17,19)/t11-/m0/s1. The van der Waals surface area contributed by atoms with Crippen molar-refractivity contribution in [3.8, 4) is 5.69 Å². The third-order valence-electron chi connectivity index (χ3n) is 3.94. The van der Waals surface area contributed by atoms with Gasteiger partial charge in [0.15, 0.2) is 15.5 Å². The minimum absolute atomic E-state index is 0.113. The molecule has 4 rings (SSSR count). The molecule has 0 radical (unpaired) electrons. The molecule has 23 heavy (non-hydrogen) atoms. The maximum absolute atomic E-state index is 11.6. The molecule has 0 spiro atoms. The van der Waals surface area contributed by atoms with E-state index in [1.165, 1.54) is 6.33 Å². The second-order valence-corrected chi connectivity index (χ2v) is 7.82. The normalized spacial score (nSPS) is 19.9. The second-order valence-electron chi connectivity index (χ2n) is 5.60. The Morgan fingerprint density at radius 2 is 2.00 bits per heavy atom. The van der Waals surface area contributed by atoms with Gasteiger partial charge in [-0.15, -0.1) is 0 Å². The first-order valence-electron chi connectivity index (χ1n) is 7.33. The molecule has 1 aromatic carbocycles. The van der Waals surface area contributed by atoms with Crippen LogP contribution in [0, 0.1) is 0 Å². The molecule has 1 atom stereocenters. The summed E-state index contributed by atoms with van der Waals surface area (Å²) in [5.74, 6) is 0.993. The maximum atomic E-state index is 11.6. The molecule has 3 aromatic rings. The smallest absolute Gasteiger partial charge is 0.168 e.